The van der Waals surface area contributed by atoms with E-state index in [1.165, 1.54) is 16.4 Å². The topological polar surface area (TPSA) is 79.4 Å². The van der Waals surface area contributed by atoms with Gasteiger partial charge in [-0.1, -0.05) is 0 Å². The molecular weight excluding hydrogens is 345 g/mol. The molecule has 132 valence electrons. The van der Waals surface area contributed by atoms with Gasteiger partial charge in [0.15, 0.2) is 0 Å². The minimum atomic E-state index is -3.84. The number of amides is 1. The van der Waals surface area contributed by atoms with Crippen molar-refractivity contribution < 1.29 is 17.6 Å². The van der Waals surface area contributed by atoms with Crippen LogP contribution in [0.4, 0.5) is 4.39 Å². The Morgan fingerprint density at radius 3 is 2.56 bits per heavy atom. The highest BCUT2D eigenvalue weighted by molar-refractivity contribution is 7.89. The first-order chi connectivity index (χ1) is 12.0. The van der Waals surface area contributed by atoms with Gasteiger partial charge in [0, 0.05) is 25.5 Å². The molecule has 25 heavy (non-hydrogen) atoms. The van der Waals surface area contributed by atoms with E-state index < -0.39 is 21.9 Å². The molecule has 1 unspecified atom stereocenters. The van der Waals surface area contributed by atoms with Crippen molar-refractivity contribution in [3.05, 3.63) is 60.2 Å². The van der Waals surface area contributed by atoms with Crippen LogP contribution in [0.1, 0.15) is 18.4 Å². The van der Waals surface area contributed by atoms with Gasteiger partial charge in [0.1, 0.15) is 11.9 Å². The van der Waals surface area contributed by atoms with E-state index in [9.17, 15) is 17.6 Å². The van der Waals surface area contributed by atoms with Crippen molar-refractivity contribution >= 4 is 15.9 Å². The number of nitrogens with zero attached hydrogens (tertiary/aromatic N) is 2. The third kappa shape index (κ3) is 3.85. The number of hydrogen-bond donors (Lipinski definition) is 1. The van der Waals surface area contributed by atoms with Crippen molar-refractivity contribution in [1.82, 2.24) is 14.6 Å². The molecule has 1 N–H and O–H groups in total. The third-order valence-corrected chi connectivity index (χ3v) is 6.07. The summed E-state index contributed by atoms with van der Waals surface area (Å²) in [6.07, 6.45) is 4.32. The van der Waals surface area contributed by atoms with Gasteiger partial charge < -0.3 is 5.32 Å². The summed E-state index contributed by atoms with van der Waals surface area (Å²) in [4.78, 5) is 16.4. The lowest BCUT2D eigenvalue weighted by molar-refractivity contribution is -0.124. The number of halogens is 1. The summed E-state index contributed by atoms with van der Waals surface area (Å²) in [5.41, 5.74) is 0.884. The molecule has 6 nitrogen and oxygen atoms in total. The Hall–Kier alpha value is -2.32. The average Bonchev–Trinajstić information content (AvgIpc) is 3.12. The lowest BCUT2D eigenvalue weighted by Gasteiger charge is -2.23. The molecule has 2 heterocycles. The summed E-state index contributed by atoms with van der Waals surface area (Å²) in [6, 6.07) is 7.44. The zero-order valence-electron chi connectivity index (χ0n) is 13.4. The van der Waals surface area contributed by atoms with Gasteiger partial charge in [0.05, 0.1) is 4.90 Å². The summed E-state index contributed by atoms with van der Waals surface area (Å²) in [7, 11) is -3.84. The van der Waals surface area contributed by atoms with Crippen LogP contribution in [-0.2, 0) is 21.4 Å². The minimum absolute atomic E-state index is 0.0114. The lowest BCUT2D eigenvalue weighted by Crippen LogP contribution is -2.45. The van der Waals surface area contributed by atoms with Crippen LogP contribution in [0.15, 0.2) is 53.7 Å². The quantitative estimate of drug-likeness (QED) is 0.877. The Labute approximate surface area is 145 Å². The SMILES string of the molecule is O=C(NCc1ccncc1)C1CCCN1S(=O)(=O)c1ccc(F)cc1. The lowest BCUT2D eigenvalue weighted by atomic mass is 10.2. The van der Waals surface area contributed by atoms with Gasteiger partial charge >= 0.3 is 0 Å². The number of pyridine rings is 1. The first-order valence-electron chi connectivity index (χ1n) is 7.92. The first kappa shape index (κ1) is 17.5. The fourth-order valence-corrected chi connectivity index (χ4v) is 4.50. The van der Waals surface area contributed by atoms with Crippen molar-refractivity contribution in [2.24, 2.45) is 0 Å². The maximum Gasteiger partial charge on any atom is 0.243 e. The number of nitrogens with one attached hydrogen (secondary N) is 1. The number of rotatable bonds is 5. The fourth-order valence-electron chi connectivity index (χ4n) is 2.84. The van der Waals surface area contributed by atoms with Crippen LogP contribution in [-0.4, -0.2) is 36.2 Å². The Morgan fingerprint density at radius 2 is 1.88 bits per heavy atom. The van der Waals surface area contributed by atoms with E-state index in [1.807, 2.05) is 0 Å². The number of hydrogen-bond acceptors (Lipinski definition) is 4. The predicted octanol–water partition coefficient (Wildman–Crippen LogP) is 1.69. The molecule has 0 aliphatic carbocycles. The number of aromatic nitrogens is 1. The van der Waals surface area contributed by atoms with Crippen LogP contribution in [0.5, 0.6) is 0 Å². The number of carbonyl (C=O) groups is 1. The number of benzene rings is 1. The molecule has 1 aromatic heterocycles. The molecule has 0 bridgehead atoms. The molecule has 1 aliphatic rings. The molecule has 8 heteroatoms. The fraction of sp³-hybridized carbons (Fsp3) is 0.294. The predicted molar refractivity (Wildman–Crippen MR) is 89.4 cm³/mol. The Morgan fingerprint density at radius 1 is 1.20 bits per heavy atom. The summed E-state index contributed by atoms with van der Waals surface area (Å²) in [5.74, 6) is -0.841. The van der Waals surface area contributed by atoms with E-state index >= 15 is 0 Å². The average molecular weight is 363 g/mol. The van der Waals surface area contributed by atoms with Crippen LogP contribution in [0.3, 0.4) is 0 Å². The molecule has 3 rings (SSSR count). The van der Waals surface area contributed by atoms with Crippen molar-refractivity contribution in [2.45, 2.75) is 30.3 Å². The minimum Gasteiger partial charge on any atom is -0.351 e. The van der Waals surface area contributed by atoms with Gasteiger partial charge in [-0.2, -0.15) is 4.31 Å². The Bertz CT molecular complexity index is 841. The van der Waals surface area contributed by atoms with Crippen molar-refractivity contribution in [1.29, 1.82) is 0 Å². The molecule has 1 aliphatic heterocycles. The van der Waals surface area contributed by atoms with E-state index in [0.29, 0.717) is 19.4 Å². The molecule has 1 fully saturated rings. The summed E-state index contributed by atoms with van der Waals surface area (Å²) in [5, 5.41) is 2.77. The molecule has 0 saturated carbocycles. The molecule has 2 aromatic rings. The maximum absolute atomic E-state index is 13.0. The van der Waals surface area contributed by atoms with E-state index in [4.69, 9.17) is 0 Å². The van der Waals surface area contributed by atoms with Gasteiger partial charge in [-0.3, -0.25) is 9.78 Å². The zero-order chi connectivity index (χ0) is 17.9. The van der Waals surface area contributed by atoms with Gasteiger partial charge in [-0.25, -0.2) is 12.8 Å². The smallest absolute Gasteiger partial charge is 0.243 e. The maximum atomic E-state index is 13.0. The van der Waals surface area contributed by atoms with Crippen molar-refractivity contribution in [3.8, 4) is 0 Å². The molecule has 1 amide bonds. The van der Waals surface area contributed by atoms with Gasteiger partial charge in [0.25, 0.3) is 0 Å². The van der Waals surface area contributed by atoms with Gasteiger partial charge in [0.2, 0.25) is 15.9 Å². The van der Waals surface area contributed by atoms with E-state index in [1.54, 1.807) is 24.5 Å². The number of sulfonamides is 1. The summed E-state index contributed by atoms with van der Waals surface area (Å²) >= 11 is 0. The van der Waals surface area contributed by atoms with E-state index in [2.05, 4.69) is 10.3 Å². The Balaban J connectivity index is 1.73. The highest BCUT2D eigenvalue weighted by Crippen LogP contribution is 2.26. The normalized spacial score (nSPS) is 18.2. The molecular formula is C17H18FN3O3S. The Kier molecular flexibility index (Phi) is 5.10. The highest BCUT2D eigenvalue weighted by atomic mass is 32.2. The van der Waals surface area contributed by atoms with Crippen LogP contribution < -0.4 is 5.32 Å². The van der Waals surface area contributed by atoms with Crippen molar-refractivity contribution in [2.75, 3.05) is 6.54 Å². The van der Waals surface area contributed by atoms with Crippen LogP contribution in [0.25, 0.3) is 0 Å². The molecule has 1 atom stereocenters. The highest BCUT2D eigenvalue weighted by Gasteiger charge is 2.39. The second-order valence-corrected chi connectivity index (χ2v) is 7.69. The summed E-state index contributed by atoms with van der Waals surface area (Å²) in [6.45, 7) is 0.579. The number of carbonyl (C=O) groups excluding carboxylic acids is 1. The molecule has 1 aromatic carbocycles. The standard InChI is InChI=1S/C17H18FN3O3S/c18-14-3-5-15(6-4-14)25(23,24)21-11-1-2-16(21)17(22)20-12-13-7-9-19-10-8-13/h3-10,16H,1-2,11-12H2,(H,20,22). The largest absolute Gasteiger partial charge is 0.351 e. The second-order valence-electron chi connectivity index (χ2n) is 5.80. The molecule has 0 radical (unpaired) electrons. The molecule has 0 spiro atoms. The first-order valence-corrected chi connectivity index (χ1v) is 9.36. The van der Waals surface area contributed by atoms with Gasteiger partial charge in [-0.05, 0) is 54.8 Å². The van der Waals surface area contributed by atoms with Crippen LogP contribution in [0.2, 0.25) is 0 Å². The van der Waals surface area contributed by atoms with E-state index in [-0.39, 0.29) is 17.3 Å². The third-order valence-electron chi connectivity index (χ3n) is 4.14. The zero-order valence-corrected chi connectivity index (χ0v) is 14.2. The second kappa shape index (κ2) is 7.28. The van der Waals surface area contributed by atoms with E-state index in [0.717, 1.165) is 17.7 Å². The van der Waals surface area contributed by atoms with Crippen LogP contribution in [0, 0.1) is 5.82 Å². The summed E-state index contributed by atoms with van der Waals surface area (Å²) < 4.78 is 39.7. The monoisotopic (exact) mass is 363 g/mol. The van der Waals surface area contributed by atoms with Crippen molar-refractivity contribution in [3.63, 3.8) is 0 Å². The molecule has 1 saturated heterocycles. The van der Waals surface area contributed by atoms with Gasteiger partial charge in [-0.15, -0.1) is 0 Å². The van der Waals surface area contributed by atoms with Crippen LogP contribution >= 0.6 is 0 Å².